The minimum absolute atomic E-state index is 0.131. The first-order valence-electron chi connectivity index (χ1n) is 10.4. The van der Waals surface area contributed by atoms with Crippen LogP contribution in [0.15, 0.2) is 69.5 Å². The van der Waals surface area contributed by atoms with Crippen molar-refractivity contribution >= 4 is 46.7 Å². The number of hydrogen-bond donors (Lipinski definition) is 0. The van der Waals surface area contributed by atoms with Crippen molar-refractivity contribution in [1.29, 1.82) is 0 Å². The summed E-state index contributed by atoms with van der Waals surface area (Å²) < 4.78 is 0. The molecule has 4 rings (SSSR count). The minimum atomic E-state index is -0.131. The van der Waals surface area contributed by atoms with Crippen LogP contribution in [0.1, 0.15) is 30.9 Å². The van der Waals surface area contributed by atoms with E-state index in [0.29, 0.717) is 22.5 Å². The van der Waals surface area contributed by atoms with Gasteiger partial charge < -0.3 is 9.80 Å². The van der Waals surface area contributed by atoms with E-state index >= 15 is 0 Å². The SMILES string of the molecule is CCCCSc1ccc(C2=C3C(=O)N(C)C(c4ccc(SC)cc4)=C3C(=O)N2C)cc1. The Morgan fingerprint density at radius 2 is 1.19 bits per heavy atom. The molecule has 31 heavy (non-hydrogen) atoms. The molecule has 0 saturated carbocycles. The molecule has 0 aromatic heterocycles. The van der Waals surface area contributed by atoms with Crippen LogP contribution in [0.5, 0.6) is 0 Å². The third-order valence-electron chi connectivity index (χ3n) is 5.69. The third-order valence-corrected chi connectivity index (χ3v) is 7.53. The Hall–Kier alpha value is -2.44. The number of carbonyl (C=O) groups excluding carboxylic acids is 2. The zero-order chi connectivity index (χ0) is 22.1. The molecule has 2 aliphatic rings. The van der Waals surface area contributed by atoms with Gasteiger partial charge in [0.1, 0.15) is 0 Å². The number of hydrogen-bond acceptors (Lipinski definition) is 4. The van der Waals surface area contributed by atoms with Crippen LogP contribution in [0.2, 0.25) is 0 Å². The van der Waals surface area contributed by atoms with Crippen molar-refractivity contribution in [2.75, 3.05) is 26.1 Å². The van der Waals surface area contributed by atoms with Crippen molar-refractivity contribution < 1.29 is 9.59 Å². The normalized spacial score (nSPS) is 16.1. The lowest BCUT2D eigenvalue weighted by Crippen LogP contribution is -2.25. The fourth-order valence-corrected chi connectivity index (χ4v) is 5.40. The lowest BCUT2D eigenvalue weighted by atomic mass is 10.0. The average molecular weight is 451 g/mol. The summed E-state index contributed by atoms with van der Waals surface area (Å²) in [6, 6.07) is 16.2. The molecule has 0 radical (unpaired) electrons. The highest BCUT2D eigenvalue weighted by Gasteiger charge is 2.46. The van der Waals surface area contributed by atoms with Gasteiger partial charge in [0.15, 0.2) is 0 Å². The van der Waals surface area contributed by atoms with Crippen molar-refractivity contribution in [3.8, 4) is 0 Å². The summed E-state index contributed by atoms with van der Waals surface area (Å²) in [5, 5.41) is 0. The lowest BCUT2D eigenvalue weighted by Gasteiger charge is -2.20. The number of nitrogens with zero attached hydrogens (tertiary/aromatic N) is 2. The monoisotopic (exact) mass is 450 g/mol. The van der Waals surface area contributed by atoms with Gasteiger partial charge in [0, 0.05) is 23.9 Å². The number of amides is 2. The van der Waals surface area contributed by atoms with Crippen LogP contribution >= 0.6 is 23.5 Å². The van der Waals surface area contributed by atoms with Crippen molar-refractivity contribution in [2.45, 2.75) is 29.6 Å². The van der Waals surface area contributed by atoms with E-state index in [0.717, 1.165) is 21.8 Å². The molecule has 0 spiro atoms. The molecule has 0 aliphatic carbocycles. The number of benzene rings is 2. The van der Waals surface area contributed by atoms with Gasteiger partial charge in [0.25, 0.3) is 11.8 Å². The predicted octanol–water partition coefficient (Wildman–Crippen LogP) is 5.37. The van der Waals surface area contributed by atoms with Gasteiger partial charge in [-0.1, -0.05) is 37.6 Å². The van der Waals surface area contributed by atoms with E-state index in [9.17, 15) is 9.59 Å². The second-order valence-electron chi connectivity index (χ2n) is 7.63. The van der Waals surface area contributed by atoms with E-state index < -0.39 is 0 Å². The summed E-state index contributed by atoms with van der Waals surface area (Å²) in [6.07, 6.45) is 4.40. The van der Waals surface area contributed by atoms with Gasteiger partial charge in [-0.2, -0.15) is 0 Å². The van der Waals surface area contributed by atoms with Crippen LogP contribution in [-0.4, -0.2) is 47.7 Å². The Morgan fingerprint density at radius 3 is 1.61 bits per heavy atom. The highest BCUT2D eigenvalue weighted by molar-refractivity contribution is 7.99. The third kappa shape index (κ3) is 3.83. The minimum Gasteiger partial charge on any atom is -0.310 e. The number of unbranched alkanes of at least 4 members (excludes halogenated alkanes) is 1. The first-order chi connectivity index (χ1) is 15.0. The number of likely N-dealkylation sites (N-methyl/N-ethyl adjacent to an activating group) is 2. The van der Waals surface area contributed by atoms with E-state index in [1.807, 2.05) is 54.4 Å². The van der Waals surface area contributed by atoms with Gasteiger partial charge in [-0.15, -0.1) is 23.5 Å². The van der Waals surface area contributed by atoms with E-state index in [-0.39, 0.29) is 11.8 Å². The topological polar surface area (TPSA) is 40.6 Å². The number of rotatable bonds is 7. The smallest absolute Gasteiger partial charge is 0.261 e. The Balaban J connectivity index is 1.77. The molecule has 0 atom stereocenters. The predicted molar refractivity (Wildman–Crippen MR) is 130 cm³/mol. The highest BCUT2D eigenvalue weighted by atomic mass is 32.2. The molecule has 160 valence electrons. The second kappa shape index (κ2) is 8.97. The molecule has 0 saturated heterocycles. The van der Waals surface area contributed by atoms with Crippen molar-refractivity contribution in [1.82, 2.24) is 9.80 Å². The molecule has 2 heterocycles. The van der Waals surface area contributed by atoms with Gasteiger partial charge >= 0.3 is 0 Å². The summed E-state index contributed by atoms with van der Waals surface area (Å²) in [4.78, 5) is 32.1. The standard InChI is InChI=1S/C25H26N2O2S2/c1-5-6-15-31-19-13-9-17(10-14-19)23-21-20(24(28)27(23)3)22(26(2)25(21)29)16-7-11-18(30-4)12-8-16/h7-14H,5-6,15H2,1-4H3. The van der Waals surface area contributed by atoms with Crippen molar-refractivity contribution in [3.05, 3.63) is 70.8 Å². The molecule has 2 aromatic carbocycles. The van der Waals surface area contributed by atoms with Gasteiger partial charge in [0.05, 0.1) is 22.5 Å². The molecule has 0 fully saturated rings. The maximum atomic E-state index is 13.2. The number of fused-ring (bicyclic) bond motifs is 1. The molecule has 6 heteroatoms. The Kier molecular flexibility index (Phi) is 6.30. The molecule has 2 amide bonds. The Labute approximate surface area is 192 Å². The fourth-order valence-electron chi connectivity index (χ4n) is 4.00. The van der Waals surface area contributed by atoms with E-state index in [4.69, 9.17) is 0 Å². The first kappa shape index (κ1) is 21.8. The maximum Gasteiger partial charge on any atom is 0.261 e. The fraction of sp³-hybridized carbons (Fsp3) is 0.280. The largest absolute Gasteiger partial charge is 0.310 e. The van der Waals surface area contributed by atoms with Crippen LogP contribution in [0.3, 0.4) is 0 Å². The summed E-state index contributed by atoms with van der Waals surface area (Å²) in [5.41, 5.74) is 4.16. The zero-order valence-corrected chi connectivity index (χ0v) is 19.9. The zero-order valence-electron chi connectivity index (χ0n) is 18.3. The summed E-state index contributed by atoms with van der Waals surface area (Å²) in [6.45, 7) is 2.19. The van der Waals surface area contributed by atoms with E-state index in [1.54, 1.807) is 35.7 Å². The van der Waals surface area contributed by atoms with Crippen molar-refractivity contribution in [2.24, 2.45) is 0 Å². The van der Waals surface area contributed by atoms with Gasteiger partial charge in [0.2, 0.25) is 0 Å². The quantitative estimate of drug-likeness (QED) is 0.420. The van der Waals surface area contributed by atoms with Crippen LogP contribution in [-0.2, 0) is 9.59 Å². The number of thioether (sulfide) groups is 2. The molecule has 4 nitrogen and oxygen atoms in total. The molecule has 2 aliphatic heterocycles. The summed E-state index contributed by atoms with van der Waals surface area (Å²) in [7, 11) is 3.50. The molecule has 2 aromatic rings. The van der Waals surface area contributed by atoms with Crippen LogP contribution in [0, 0.1) is 0 Å². The summed E-state index contributed by atoms with van der Waals surface area (Å²) in [5.74, 6) is 0.831. The lowest BCUT2D eigenvalue weighted by molar-refractivity contribution is -0.123. The van der Waals surface area contributed by atoms with E-state index in [1.165, 1.54) is 17.7 Å². The molecule has 0 bridgehead atoms. The number of carbonyl (C=O) groups is 2. The second-order valence-corrected chi connectivity index (χ2v) is 9.68. The van der Waals surface area contributed by atoms with Crippen LogP contribution < -0.4 is 0 Å². The Morgan fingerprint density at radius 1 is 0.742 bits per heavy atom. The summed E-state index contributed by atoms with van der Waals surface area (Å²) >= 11 is 3.50. The highest BCUT2D eigenvalue weighted by Crippen LogP contribution is 2.45. The molecular weight excluding hydrogens is 424 g/mol. The van der Waals surface area contributed by atoms with Gasteiger partial charge in [-0.25, -0.2) is 0 Å². The molecular formula is C25H26N2O2S2. The van der Waals surface area contributed by atoms with Gasteiger partial charge in [-0.3, -0.25) is 9.59 Å². The van der Waals surface area contributed by atoms with Crippen LogP contribution in [0.25, 0.3) is 11.4 Å². The molecule has 0 unspecified atom stereocenters. The molecule has 0 N–H and O–H groups in total. The van der Waals surface area contributed by atoms with E-state index in [2.05, 4.69) is 19.1 Å². The Bertz CT molecular complexity index is 1090. The average Bonchev–Trinajstić information content (AvgIpc) is 3.20. The first-order valence-corrected chi connectivity index (χ1v) is 12.6. The maximum absolute atomic E-state index is 13.2. The van der Waals surface area contributed by atoms with Gasteiger partial charge in [-0.05, 0) is 53.8 Å². The van der Waals surface area contributed by atoms with Crippen LogP contribution in [0.4, 0.5) is 0 Å². The van der Waals surface area contributed by atoms with Crippen molar-refractivity contribution in [3.63, 3.8) is 0 Å².